The molecule has 174 valence electrons. The number of hydrogen-bond acceptors (Lipinski definition) is 3. The highest BCUT2D eigenvalue weighted by molar-refractivity contribution is 6.00. The van der Waals surface area contributed by atoms with Gasteiger partial charge >= 0.3 is 0 Å². The van der Waals surface area contributed by atoms with Gasteiger partial charge in [-0.2, -0.15) is 0 Å². The lowest BCUT2D eigenvalue weighted by Crippen LogP contribution is -2.64. The van der Waals surface area contributed by atoms with E-state index in [4.69, 9.17) is 4.42 Å². The van der Waals surface area contributed by atoms with Gasteiger partial charge in [-0.3, -0.25) is 9.59 Å². The van der Waals surface area contributed by atoms with E-state index in [9.17, 15) is 9.59 Å². The topological polar surface area (TPSA) is 67.5 Å². The molecule has 1 aliphatic heterocycles. The summed E-state index contributed by atoms with van der Waals surface area (Å²) in [7, 11) is 0. The van der Waals surface area contributed by atoms with Crippen LogP contribution in [0.15, 0.2) is 65.3 Å². The van der Waals surface area contributed by atoms with Crippen molar-refractivity contribution in [1.82, 2.24) is 14.8 Å². The summed E-state index contributed by atoms with van der Waals surface area (Å²) in [5.74, 6) is 0.999. The van der Waals surface area contributed by atoms with Crippen LogP contribution in [0, 0.1) is 5.92 Å². The number of aromatic nitrogens is 1. The summed E-state index contributed by atoms with van der Waals surface area (Å²) in [5, 5.41) is 3.10. The maximum absolute atomic E-state index is 13.8. The number of furan rings is 1. The molecule has 0 fully saturated rings. The van der Waals surface area contributed by atoms with Crippen molar-refractivity contribution in [2.75, 3.05) is 13.1 Å². The standard InChI is InChI=1S/C27H33N3O3/c1-19(2)14-15-28-26(32)27(4)18-29-22(24-11-8-16-33-24)12-13-23(29)25(31)30(27)17-20(3)21-9-6-5-7-10-21/h5-13,16,19-20H,14-15,17-18H2,1-4H3,(H,28,32)/t20-,27-/m1/s1. The number of amides is 2. The monoisotopic (exact) mass is 447 g/mol. The van der Waals surface area contributed by atoms with Gasteiger partial charge in [0.2, 0.25) is 5.91 Å². The van der Waals surface area contributed by atoms with E-state index in [2.05, 4.69) is 38.2 Å². The van der Waals surface area contributed by atoms with Gasteiger partial charge in [-0.25, -0.2) is 0 Å². The van der Waals surface area contributed by atoms with Gasteiger partial charge in [0.15, 0.2) is 0 Å². The molecule has 1 aliphatic rings. The van der Waals surface area contributed by atoms with Gasteiger partial charge in [-0.05, 0) is 55.0 Å². The maximum Gasteiger partial charge on any atom is 0.271 e. The molecule has 1 N–H and O–H groups in total. The number of nitrogens with zero attached hydrogens (tertiary/aromatic N) is 2. The average Bonchev–Trinajstić information content (AvgIpc) is 3.46. The van der Waals surface area contributed by atoms with Crippen LogP contribution in [-0.2, 0) is 11.3 Å². The van der Waals surface area contributed by atoms with E-state index < -0.39 is 5.54 Å². The first kappa shape index (κ1) is 22.9. The highest BCUT2D eigenvalue weighted by Gasteiger charge is 2.48. The van der Waals surface area contributed by atoms with Crippen molar-refractivity contribution in [3.05, 3.63) is 72.1 Å². The molecular formula is C27H33N3O3. The smallest absolute Gasteiger partial charge is 0.271 e. The third-order valence-corrected chi connectivity index (χ3v) is 6.60. The van der Waals surface area contributed by atoms with E-state index in [0.29, 0.717) is 37.0 Å². The summed E-state index contributed by atoms with van der Waals surface area (Å²) in [6.45, 7) is 9.65. The van der Waals surface area contributed by atoms with Crippen molar-refractivity contribution in [3.63, 3.8) is 0 Å². The third kappa shape index (κ3) is 4.47. The van der Waals surface area contributed by atoms with Gasteiger partial charge in [-0.1, -0.05) is 51.1 Å². The Morgan fingerprint density at radius 2 is 1.79 bits per heavy atom. The molecular weight excluding hydrogens is 414 g/mol. The van der Waals surface area contributed by atoms with Crippen LogP contribution in [0.5, 0.6) is 0 Å². The van der Waals surface area contributed by atoms with Crippen LogP contribution < -0.4 is 5.32 Å². The van der Waals surface area contributed by atoms with Crippen molar-refractivity contribution >= 4 is 11.8 Å². The highest BCUT2D eigenvalue weighted by Crippen LogP contribution is 2.34. The fourth-order valence-corrected chi connectivity index (χ4v) is 4.52. The minimum atomic E-state index is -1.02. The molecule has 0 unspecified atom stereocenters. The van der Waals surface area contributed by atoms with Gasteiger partial charge in [0.1, 0.15) is 17.0 Å². The molecule has 0 saturated carbocycles. The minimum Gasteiger partial charge on any atom is -0.463 e. The summed E-state index contributed by atoms with van der Waals surface area (Å²) in [4.78, 5) is 29.1. The zero-order chi connectivity index (χ0) is 23.6. The Kier molecular flexibility index (Phi) is 6.45. The fourth-order valence-electron chi connectivity index (χ4n) is 4.52. The van der Waals surface area contributed by atoms with Crippen LogP contribution in [0.1, 0.15) is 56.1 Å². The first-order valence-electron chi connectivity index (χ1n) is 11.7. The maximum atomic E-state index is 13.8. The number of nitrogens with one attached hydrogen (secondary N) is 1. The van der Waals surface area contributed by atoms with Crippen LogP contribution in [0.4, 0.5) is 0 Å². The molecule has 0 aliphatic carbocycles. The molecule has 0 radical (unpaired) electrons. The van der Waals surface area contributed by atoms with Crippen LogP contribution in [0.2, 0.25) is 0 Å². The molecule has 1 aromatic carbocycles. The quantitative estimate of drug-likeness (QED) is 0.532. The van der Waals surface area contributed by atoms with E-state index in [1.165, 1.54) is 0 Å². The van der Waals surface area contributed by atoms with E-state index in [0.717, 1.165) is 17.7 Å². The number of hydrogen-bond donors (Lipinski definition) is 1. The largest absolute Gasteiger partial charge is 0.463 e. The Morgan fingerprint density at radius 1 is 1.06 bits per heavy atom. The second-order valence-corrected chi connectivity index (χ2v) is 9.61. The Bertz CT molecular complexity index is 1100. The molecule has 2 aromatic heterocycles. The Morgan fingerprint density at radius 3 is 2.45 bits per heavy atom. The van der Waals surface area contributed by atoms with Crippen LogP contribution in [0.25, 0.3) is 11.5 Å². The van der Waals surface area contributed by atoms with Crippen LogP contribution >= 0.6 is 0 Å². The predicted octanol–water partition coefficient (Wildman–Crippen LogP) is 4.93. The molecule has 0 spiro atoms. The van der Waals surface area contributed by atoms with E-state index in [1.807, 2.05) is 54.0 Å². The van der Waals surface area contributed by atoms with E-state index >= 15 is 0 Å². The summed E-state index contributed by atoms with van der Waals surface area (Å²) in [6, 6.07) is 17.5. The molecule has 33 heavy (non-hydrogen) atoms. The molecule has 3 heterocycles. The number of carbonyl (C=O) groups excluding carboxylic acids is 2. The first-order chi connectivity index (χ1) is 15.8. The molecule has 0 saturated heterocycles. The number of fused-ring (bicyclic) bond motifs is 1. The van der Waals surface area contributed by atoms with Crippen molar-refractivity contribution < 1.29 is 14.0 Å². The zero-order valence-electron chi connectivity index (χ0n) is 19.9. The van der Waals surface area contributed by atoms with Gasteiger partial charge in [0, 0.05) is 13.1 Å². The molecule has 2 amide bonds. The van der Waals surface area contributed by atoms with Crippen molar-refractivity contribution in [2.45, 2.75) is 52.1 Å². The SMILES string of the molecule is CC(C)CCNC(=O)[C@@]1(C)Cn2c(ccc2-c2ccco2)C(=O)N1C[C@@H](C)c1ccccc1. The lowest BCUT2D eigenvalue weighted by atomic mass is 9.91. The van der Waals surface area contributed by atoms with Gasteiger partial charge in [-0.15, -0.1) is 0 Å². The minimum absolute atomic E-state index is 0.0870. The molecule has 2 atom stereocenters. The predicted molar refractivity (Wildman–Crippen MR) is 129 cm³/mol. The van der Waals surface area contributed by atoms with Gasteiger partial charge in [0.25, 0.3) is 5.91 Å². The summed E-state index contributed by atoms with van der Waals surface area (Å²) < 4.78 is 7.53. The second-order valence-electron chi connectivity index (χ2n) is 9.61. The normalized spacial score (nSPS) is 18.9. The molecule has 6 nitrogen and oxygen atoms in total. The van der Waals surface area contributed by atoms with Crippen LogP contribution in [-0.4, -0.2) is 39.9 Å². The molecule has 0 bridgehead atoms. The van der Waals surface area contributed by atoms with Gasteiger partial charge < -0.3 is 19.2 Å². The highest BCUT2D eigenvalue weighted by atomic mass is 16.3. The van der Waals surface area contributed by atoms with E-state index in [1.54, 1.807) is 11.2 Å². The van der Waals surface area contributed by atoms with Crippen LogP contribution in [0.3, 0.4) is 0 Å². The Hall–Kier alpha value is -3.28. The Labute approximate surface area is 195 Å². The molecule has 4 rings (SSSR count). The summed E-state index contributed by atoms with van der Waals surface area (Å²) in [6.07, 6.45) is 2.51. The Balaban J connectivity index is 1.69. The van der Waals surface area contributed by atoms with Gasteiger partial charge in [0.05, 0.1) is 18.5 Å². The number of benzene rings is 1. The summed E-state index contributed by atoms with van der Waals surface area (Å²) in [5.41, 5.74) is 1.50. The summed E-state index contributed by atoms with van der Waals surface area (Å²) >= 11 is 0. The molecule has 3 aromatic rings. The number of carbonyl (C=O) groups is 2. The van der Waals surface area contributed by atoms with Crippen molar-refractivity contribution in [3.8, 4) is 11.5 Å². The lowest BCUT2D eigenvalue weighted by molar-refractivity contribution is -0.133. The van der Waals surface area contributed by atoms with E-state index in [-0.39, 0.29) is 17.7 Å². The lowest BCUT2D eigenvalue weighted by Gasteiger charge is -2.45. The van der Waals surface area contributed by atoms with Crippen molar-refractivity contribution in [1.29, 1.82) is 0 Å². The number of rotatable bonds is 8. The molecule has 6 heteroatoms. The second kappa shape index (κ2) is 9.30. The zero-order valence-corrected chi connectivity index (χ0v) is 19.9. The first-order valence-corrected chi connectivity index (χ1v) is 11.7. The third-order valence-electron chi connectivity index (χ3n) is 6.60. The van der Waals surface area contributed by atoms with Crippen molar-refractivity contribution in [2.24, 2.45) is 5.92 Å². The fraction of sp³-hybridized carbons (Fsp3) is 0.407. The average molecular weight is 448 g/mol.